The van der Waals surface area contributed by atoms with Crippen molar-refractivity contribution in [3.8, 4) is 0 Å². The summed E-state index contributed by atoms with van der Waals surface area (Å²) >= 11 is 11.9. The van der Waals surface area contributed by atoms with Crippen LogP contribution >= 0.6 is 23.2 Å². The Kier molecular flexibility index (Phi) is 5.54. The highest BCUT2D eigenvalue weighted by atomic mass is 35.5. The van der Waals surface area contributed by atoms with Gasteiger partial charge >= 0.3 is 0 Å². The molecule has 136 valence electrons. The van der Waals surface area contributed by atoms with Crippen LogP contribution in [-0.2, 0) is 16.1 Å². The lowest BCUT2D eigenvalue weighted by atomic mass is 9.99. The molecule has 2 aromatic rings. The van der Waals surface area contributed by atoms with Crippen molar-refractivity contribution in [2.75, 3.05) is 6.54 Å². The average Bonchev–Trinajstić information content (AvgIpc) is 2.61. The van der Waals surface area contributed by atoms with Gasteiger partial charge in [-0.3, -0.25) is 9.59 Å². The van der Waals surface area contributed by atoms with Crippen LogP contribution < -0.4 is 0 Å². The molecule has 3 rings (SSSR count). The highest BCUT2D eigenvalue weighted by Gasteiger charge is 2.41. The Morgan fingerprint density at radius 1 is 0.962 bits per heavy atom. The molecule has 0 spiro atoms. The van der Waals surface area contributed by atoms with E-state index in [9.17, 15) is 9.59 Å². The van der Waals surface area contributed by atoms with Gasteiger partial charge in [0.15, 0.2) is 0 Å². The molecule has 0 radical (unpaired) electrons. The van der Waals surface area contributed by atoms with Crippen LogP contribution in [0.1, 0.15) is 31.0 Å². The van der Waals surface area contributed by atoms with Gasteiger partial charge in [0.2, 0.25) is 5.91 Å². The van der Waals surface area contributed by atoms with Gasteiger partial charge in [0, 0.05) is 22.6 Å². The maximum absolute atomic E-state index is 13.1. The van der Waals surface area contributed by atoms with Gasteiger partial charge in [-0.2, -0.15) is 0 Å². The van der Waals surface area contributed by atoms with E-state index in [1.807, 2.05) is 26.0 Å². The van der Waals surface area contributed by atoms with Gasteiger partial charge < -0.3 is 9.80 Å². The molecule has 2 amide bonds. The van der Waals surface area contributed by atoms with Gasteiger partial charge in [-0.25, -0.2) is 0 Å². The summed E-state index contributed by atoms with van der Waals surface area (Å²) in [6.07, 6.45) is 0. The Balaban J connectivity index is 1.98. The molecule has 0 aliphatic carbocycles. The topological polar surface area (TPSA) is 40.6 Å². The first kappa shape index (κ1) is 18.7. The number of nitrogens with zero attached hydrogens (tertiary/aromatic N) is 2. The molecule has 0 saturated carbocycles. The van der Waals surface area contributed by atoms with Crippen LogP contribution in [0.3, 0.4) is 0 Å². The van der Waals surface area contributed by atoms with Gasteiger partial charge in [-0.1, -0.05) is 47.5 Å². The van der Waals surface area contributed by atoms with Crippen molar-refractivity contribution >= 4 is 35.0 Å². The molecule has 0 aromatic heterocycles. The van der Waals surface area contributed by atoms with E-state index >= 15 is 0 Å². The molecule has 0 N–H and O–H groups in total. The van der Waals surface area contributed by atoms with Crippen LogP contribution in [0.2, 0.25) is 10.0 Å². The quantitative estimate of drug-likeness (QED) is 0.779. The SMILES string of the molecule is CC(C)N1CC(=O)N(Cc2ccc(Cl)cc2)[C@H](c2ccc(Cl)cc2)C1=O. The van der Waals surface area contributed by atoms with Crippen molar-refractivity contribution in [2.45, 2.75) is 32.5 Å². The van der Waals surface area contributed by atoms with E-state index in [4.69, 9.17) is 23.2 Å². The Hall–Kier alpha value is -2.04. The van der Waals surface area contributed by atoms with Crippen LogP contribution in [0.25, 0.3) is 0 Å². The molecule has 1 aliphatic rings. The van der Waals surface area contributed by atoms with Crippen LogP contribution in [0.5, 0.6) is 0 Å². The number of carbonyl (C=O) groups is 2. The van der Waals surface area contributed by atoms with Crippen molar-refractivity contribution < 1.29 is 9.59 Å². The predicted octanol–water partition coefficient (Wildman–Crippen LogP) is 4.31. The van der Waals surface area contributed by atoms with Crippen LogP contribution in [0, 0.1) is 0 Å². The molecule has 0 bridgehead atoms. The monoisotopic (exact) mass is 390 g/mol. The summed E-state index contributed by atoms with van der Waals surface area (Å²) < 4.78 is 0. The zero-order valence-corrected chi connectivity index (χ0v) is 16.2. The highest BCUT2D eigenvalue weighted by molar-refractivity contribution is 6.30. The maximum Gasteiger partial charge on any atom is 0.250 e. The number of rotatable bonds is 4. The summed E-state index contributed by atoms with van der Waals surface area (Å²) in [4.78, 5) is 29.2. The Morgan fingerprint density at radius 2 is 1.50 bits per heavy atom. The van der Waals surface area contributed by atoms with Crippen LogP contribution in [0.4, 0.5) is 0 Å². The minimum atomic E-state index is -0.661. The second-order valence-electron chi connectivity index (χ2n) is 6.66. The van der Waals surface area contributed by atoms with E-state index in [1.54, 1.807) is 46.2 Å². The number of amides is 2. The first-order valence-corrected chi connectivity index (χ1v) is 9.22. The lowest BCUT2D eigenvalue weighted by molar-refractivity contribution is -0.158. The van der Waals surface area contributed by atoms with Gasteiger partial charge in [-0.05, 0) is 49.2 Å². The average molecular weight is 391 g/mol. The van der Waals surface area contributed by atoms with Crippen molar-refractivity contribution in [3.63, 3.8) is 0 Å². The van der Waals surface area contributed by atoms with Crippen molar-refractivity contribution in [2.24, 2.45) is 0 Å². The summed E-state index contributed by atoms with van der Waals surface area (Å²) in [5, 5.41) is 1.23. The number of hydrogen-bond acceptors (Lipinski definition) is 2. The van der Waals surface area contributed by atoms with E-state index in [0.717, 1.165) is 11.1 Å². The summed E-state index contributed by atoms with van der Waals surface area (Å²) in [6, 6.07) is 13.7. The van der Waals surface area contributed by atoms with E-state index < -0.39 is 6.04 Å². The molecule has 1 fully saturated rings. The molecule has 1 saturated heterocycles. The highest BCUT2D eigenvalue weighted by Crippen LogP contribution is 2.31. The van der Waals surface area contributed by atoms with E-state index in [-0.39, 0.29) is 24.4 Å². The lowest BCUT2D eigenvalue weighted by Crippen LogP contribution is -2.56. The number of carbonyl (C=O) groups excluding carboxylic acids is 2. The number of hydrogen-bond donors (Lipinski definition) is 0. The Bertz CT molecular complexity index is 804. The third-order valence-electron chi connectivity index (χ3n) is 4.53. The maximum atomic E-state index is 13.1. The van der Waals surface area contributed by atoms with Gasteiger partial charge in [0.05, 0.1) is 0 Å². The molecule has 4 nitrogen and oxygen atoms in total. The summed E-state index contributed by atoms with van der Waals surface area (Å²) in [5.74, 6) is -0.149. The summed E-state index contributed by atoms with van der Waals surface area (Å²) in [6.45, 7) is 4.27. The van der Waals surface area contributed by atoms with Crippen molar-refractivity contribution in [1.29, 1.82) is 0 Å². The Labute approximate surface area is 163 Å². The fourth-order valence-corrected chi connectivity index (χ4v) is 3.37. The van der Waals surface area contributed by atoms with E-state index in [2.05, 4.69) is 0 Å². The summed E-state index contributed by atoms with van der Waals surface area (Å²) in [7, 11) is 0. The number of piperazine rings is 1. The first-order valence-electron chi connectivity index (χ1n) is 8.46. The standard InChI is InChI=1S/C20H20Cl2N2O2/c1-13(2)23-12-18(25)24(11-14-3-7-16(21)8-4-14)19(20(23)26)15-5-9-17(22)10-6-15/h3-10,13,19H,11-12H2,1-2H3/t19-/m1/s1. The normalized spacial score (nSPS) is 18.0. The predicted molar refractivity (Wildman–Crippen MR) is 103 cm³/mol. The molecule has 2 aromatic carbocycles. The van der Waals surface area contributed by atoms with Crippen molar-refractivity contribution in [1.82, 2.24) is 9.80 Å². The zero-order valence-electron chi connectivity index (χ0n) is 14.7. The van der Waals surface area contributed by atoms with Crippen LogP contribution in [0.15, 0.2) is 48.5 Å². The van der Waals surface area contributed by atoms with Crippen LogP contribution in [-0.4, -0.2) is 34.2 Å². The molecule has 1 heterocycles. The molecule has 0 unspecified atom stereocenters. The molecule has 26 heavy (non-hydrogen) atoms. The van der Waals surface area contributed by atoms with Gasteiger partial charge in [0.1, 0.15) is 12.6 Å². The first-order chi connectivity index (χ1) is 12.4. The van der Waals surface area contributed by atoms with E-state index in [0.29, 0.717) is 16.6 Å². The Morgan fingerprint density at radius 3 is 2.04 bits per heavy atom. The second kappa shape index (κ2) is 7.68. The zero-order chi connectivity index (χ0) is 18.8. The molecule has 1 atom stereocenters. The molecular weight excluding hydrogens is 371 g/mol. The van der Waals surface area contributed by atoms with E-state index in [1.165, 1.54) is 0 Å². The summed E-state index contributed by atoms with van der Waals surface area (Å²) in [5.41, 5.74) is 1.68. The second-order valence-corrected chi connectivity index (χ2v) is 7.53. The van der Waals surface area contributed by atoms with Gasteiger partial charge in [0.25, 0.3) is 5.91 Å². The minimum Gasteiger partial charge on any atom is -0.329 e. The van der Waals surface area contributed by atoms with Crippen molar-refractivity contribution in [3.05, 3.63) is 69.7 Å². The lowest BCUT2D eigenvalue weighted by Gasteiger charge is -2.42. The largest absolute Gasteiger partial charge is 0.329 e. The fraction of sp³-hybridized carbons (Fsp3) is 0.300. The number of benzene rings is 2. The molecular formula is C20H20Cl2N2O2. The van der Waals surface area contributed by atoms with Gasteiger partial charge in [-0.15, -0.1) is 0 Å². The fourth-order valence-electron chi connectivity index (χ4n) is 3.12. The third kappa shape index (κ3) is 3.87. The minimum absolute atomic E-state index is 0.0427. The third-order valence-corrected chi connectivity index (χ3v) is 5.03. The smallest absolute Gasteiger partial charge is 0.250 e. The molecule has 1 aliphatic heterocycles. The molecule has 6 heteroatoms. The number of halogens is 2.